The van der Waals surface area contributed by atoms with Gasteiger partial charge in [-0.3, -0.25) is 0 Å². The van der Waals surface area contributed by atoms with E-state index in [4.69, 9.17) is 0 Å². The van der Waals surface area contributed by atoms with Gasteiger partial charge in [0.25, 0.3) is 0 Å². The van der Waals surface area contributed by atoms with E-state index < -0.39 is 5.97 Å². The number of hydrogen-bond acceptors (Lipinski definition) is 3. The molecule has 5 heteroatoms. The molecule has 2 atom stereocenters. The Morgan fingerprint density at radius 1 is 1.48 bits per heavy atom. The van der Waals surface area contributed by atoms with Gasteiger partial charge >= 0.3 is 5.97 Å². The summed E-state index contributed by atoms with van der Waals surface area (Å²) in [5.41, 5.74) is 1.39. The fourth-order valence-corrected chi connectivity index (χ4v) is 3.25. The van der Waals surface area contributed by atoms with Crippen molar-refractivity contribution in [3.05, 3.63) is 29.6 Å². The lowest BCUT2D eigenvalue weighted by Gasteiger charge is -2.50. The molecule has 0 bridgehead atoms. The molecule has 1 aromatic carbocycles. The molecule has 1 aliphatic carbocycles. The number of fused-ring (bicyclic) bond motifs is 1. The quantitative estimate of drug-likeness (QED) is 0.910. The monoisotopic (exact) mass is 288 g/mol. The van der Waals surface area contributed by atoms with E-state index in [9.17, 15) is 15.0 Å². The number of imidazole rings is 1. The predicted octanol–water partition coefficient (Wildman–Crippen LogP) is 2.63. The van der Waals surface area contributed by atoms with E-state index in [1.54, 1.807) is 12.1 Å². The number of aromatic nitrogens is 2. The smallest absolute Gasteiger partial charge is 0.337 e. The summed E-state index contributed by atoms with van der Waals surface area (Å²) in [5.74, 6) is -0.0792. The van der Waals surface area contributed by atoms with Gasteiger partial charge in [0.1, 0.15) is 11.3 Å². The van der Waals surface area contributed by atoms with Crippen molar-refractivity contribution in [1.29, 1.82) is 0 Å². The average molecular weight is 288 g/mol. The van der Waals surface area contributed by atoms with Gasteiger partial charge in [0, 0.05) is 17.9 Å². The molecular weight excluding hydrogens is 268 g/mol. The normalized spacial score (nSPS) is 24.0. The molecule has 21 heavy (non-hydrogen) atoms. The summed E-state index contributed by atoms with van der Waals surface area (Å²) in [7, 11) is 0. The molecule has 1 saturated carbocycles. The van der Waals surface area contributed by atoms with Crippen molar-refractivity contribution >= 4 is 17.0 Å². The molecule has 5 nitrogen and oxygen atoms in total. The van der Waals surface area contributed by atoms with E-state index in [0.29, 0.717) is 11.9 Å². The van der Waals surface area contributed by atoms with Gasteiger partial charge in [-0.15, -0.1) is 0 Å². The van der Waals surface area contributed by atoms with E-state index in [1.165, 1.54) is 0 Å². The summed E-state index contributed by atoms with van der Waals surface area (Å²) in [6.07, 6.45) is 1.09. The third-order valence-electron chi connectivity index (χ3n) is 4.82. The Bertz CT molecular complexity index is 718. The highest BCUT2D eigenvalue weighted by Gasteiger charge is 2.49. The second-order valence-corrected chi connectivity index (χ2v) is 6.32. The van der Waals surface area contributed by atoms with Crippen LogP contribution in [0, 0.1) is 5.41 Å². The number of para-hydroxylation sites is 1. The molecule has 0 amide bonds. The minimum atomic E-state index is -0.958. The van der Waals surface area contributed by atoms with Gasteiger partial charge in [0.15, 0.2) is 0 Å². The van der Waals surface area contributed by atoms with E-state index in [-0.39, 0.29) is 23.1 Å². The van der Waals surface area contributed by atoms with Crippen LogP contribution in [0.4, 0.5) is 0 Å². The van der Waals surface area contributed by atoms with Gasteiger partial charge in [-0.2, -0.15) is 0 Å². The van der Waals surface area contributed by atoms with Gasteiger partial charge in [-0.25, -0.2) is 9.78 Å². The van der Waals surface area contributed by atoms with E-state index >= 15 is 0 Å². The van der Waals surface area contributed by atoms with Crippen LogP contribution in [0.15, 0.2) is 18.2 Å². The van der Waals surface area contributed by atoms with Crippen molar-refractivity contribution in [3.63, 3.8) is 0 Å². The van der Waals surface area contributed by atoms with Crippen LogP contribution >= 0.6 is 0 Å². The fraction of sp³-hybridized carbons (Fsp3) is 0.500. The number of aromatic carboxylic acids is 1. The summed E-state index contributed by atoms with van der Waals surface area (Å²) in [6, 6.07) is 5.40. The Balaban J connectivity index is 2.23. The van der Waals surface area contributed by atoms with Crippen LogP contribution in [-0.4, -0.2) is 31.8 Å². The van der Waals surface area contributed by atoms with E-state index in [0.717, 1.165) is 17.8 Å². The Morgan fingerprint density at radius 3 is 2.71 bits per heavy atom. The topological polar surface area (TPSA) is 75.3 Å². The summed E-state index contributed by atoms with van der Waals surface area (Å²) in [6.45, 7) is 6.09. The van der Waals surface area contributed by atoms with Crippen LogP contribution in [0.2, 0.25) is 0 Å². The summed E-state index contributed by atoms with van der Waals surface area (Å²) < 4.78 is 2.12. The summed E-state index contributed by atoms with van der Waals surface area (Å²) >= 11 is 0. The minimum absolute atomic E-state index is 0.150. The second-order valence-electron chi connectivity index (χ2n) is 6.32. The van der Waals surface area contributed by atoms with Crippen molar-refractivity contribution in [2.75, 3.05) is 0 Å². The number of aliphatic hydroxyl groups is 1. The van der Waals surface area contributed by atoms with Gasteiger partial charge < -0.3 is 14.8 Å². The first-order valence-electron chi connectivity index (χ1n) is 7.29. The van der Waals surface area contributed by atoms with Gasteiger partial charge in [0.05, 0.1) is 17.2 Å². The average Bonchev–Trinajstić information content (AvgIpc) is 2.82. The number of carboxylic acids is 1. The molecule has 2 unspecified atom stereocenters. The molecule has 3 rings (SSSR count). The van der Waals surface area contributed by atoms with Crippen LogP contribution in [0.25, 0.3) is 11.0 Å². The van der Waals surface area contributed by atoms with Crippen LogP contribution in [0.5, 0.6) is 0 Å². The molecule has 1 aromatic heterocycles. The zero-order valence-electron chi connectivity index (χ0n) is 12.5. The first kappa shape index (κ1) is 14.1. The number of benzene rings is 1. The molecule has 2 N–H and O–H groups in total. The van der Waals surface area contributed by atoms with Gasteiger partial charge in [-0.05, 0) is 18.6 Å². The molecule has 112 valence electrons. The molecule has 0 radical (unpaired) electrons. The van der Waals surface area contributed by atoms with Crippen LogP contribution in [0.1, 0.15) is 49.4 Å². The molecule has 0 saturated heterocycles. The van der Waals surface area contributed by atoms with Gasteiger partial charge in [0.2, 0.25) is 0 Å². The van der Waals surface area contributed by atoms with Crippen molar-refractivity contribution in [1.82, 2.24) is 9.55 Å². The van der Waals surface area contributed by atoms with E-state index in [2.05, 4.69) is 9.55 Å². The largest absolute Gasteiger partial charge is 0.478 e. The zero-order valence-corrected chi connectivity index (χ0v) is 12.5. The van der Waals surface area contributed by atoms with Crippen LogP contribution in [0.3, 0.4) is 0 Å². The molecular formula is C16H20N2O3. The molecule has 1 aliphatic rings. The summed E-state index contributed by atoms with van der Waals surface area (Å²) in [5, 5.41) is 19.3. The molecule has 1 fully saturated rings. The SMILES string of the molecule is CCc1nc2c(C(=O)O)cccc2n1C1CC(O)C1(C)C. The van der Waals surface area contributed by atoms with Gasteiger partial charge in [-0.1, -0.05) is 26.8 Å². The molecule has 0 aliphatic heterocycles. The van der Waals surface area contributed by atoms with Crippen LogP contribution in [-0.2, 0) is 6.42 Å². The first-order chi connectivity index (χ1) is 9.87. The maximum Gasteiger partial charge on any atom is 0.337 e. The highest BCUT2D eigenvalue weighted by molar-refractivity contribution is 6.01. The second kappa shape index (κ2) is 4.56. The Morgan fingerprint density at radius 2 is 2.19 bits per heavy atom. The summed E-state index contributed by atoms with van der Waals surface area (Å²) in [4.78, 5) is 15.9. The lowest BCUT2D eigenvalue weighted by Crippen LogP contribution is -2.50. The maximum atomic E-state index is 11.4. The number of carboxylic acid groups (broad SMARTS) is 1. The van der Waals surface area contributed by atoms with Crippen LogP contribution < -0.4 is 0 Å². The number of aliphatic hydroxyl groups excluding tert-OH is 1. The Kier molecular flexibility index (Phi) is 3.06. The molecule has 0 spiro atoms. The van der Waals surface area contributed by atoms with Crippen molar-refractivity contribution in [2.24, 2.45) is 5.41 Å². The first-order valence-corrected chi connectivity index (χ1v) is 7.29. The maximum absolute atomic E-state index is 11.4. The standard InChI is InChI=1S/C16H20N2O3/c1-4-13-17-14-9(15(20)21)6-5-7-10(14)18(13)11-8-12(19)16(11,2)3/h5-7,11-12,19H,4,8H2,1-3H3,(H,20,21). The number of carbonyl (C=O) groups is 1. The van der Waals surface area contributed by atoms with E-state index in [1.807, 2.05) is 26.8 Å². The number of rotatable bonds is 3. The third-order valence-corrected chi connectivity index (χ3v) is 4.82. The number of hydrogen-bond donors (Lipinski definition) is 2. The minimum Gasteiger partial charge on any atom is -0.478 e. The van der Waals surface area contributed by atoms with Crippen molar-refractivity contribution < 1.29 is 15.0 Å². The highest BCUT2D eigenvalue weighted by Crippen LogP contribution is 2.51. The molecule has 1 heterocycles. The van der Waals surface area contributed by atoms with Crippen molar-refractivity contribution in [2.45, 2.75) is 45.8 Å². The zero-order chi connectivity index (χ0) is 15.4. The predicted molar refractivity (Wildman–Crippen MR) is 79.5 cm³/mol. The number of nitrogens with zero attached hydrogens (tertiary/aromatic N) is 2. The highest BCUT2D eigenvalue weighted by atomic mass is 16.4. The lowest BCUT2D eigenvalue weighted by molar-refractivity contribution is -0.0886. The Labute approximate surface area is 123 Å². The fourth-order valence-electron chi connectivity index (χ4n) is 3.25. The Hall–Kier alpha value is -1.88. The lowest BCUT2D eigenvalue weighted by atomic mass is 9.64. The van der Waals surface area contributed by atoms with Crippen molar-refractivity contribution in [3.8, 4) is 0 Å². The third kappa shape index (κ3) is 1.87. The number of aryl methyl sites for hydroxylation is 1. The molecule has 2 aromatic rings.